The third-order valence-corrected chi connectivity index (χ3v) is 4.57. The maximum absolute atomic E-state index is 12.8. The molecule has 1 aliphatic rings. The van der Waals surface area contributed by atoms with E-state index >= 15 is 0 Å². The van der Waals surface area contributed by atoms with E-state index in [0.29, 0.717) is 5.69 Å². The Morgan fingerprint density at radius 1 is 0.960 bits per heavy atom. The fraction of sp³-hybridized carbons (Fsp3) is 0.143. The third-order valence-electron chi connectivity index (χ3n) is 4.57. The molecule has 0 saturated heterocycles. The van der Waals surface area contributed by atoms with Gasteiger partial charge in [0.2, 0.25) is 0 Å². The molecule has 0 N–H and O–H groups in total. The lowest BCUT2D eigenvalue weighted by Crippen LogP contribution is -2.27. The zero-order chi connectivity index (χ0) is 17.2. The highest BCUT2D eigenvalue weighted by Crippen LogP contribution is 2.33. The molecule has 4 nitrogen and oxygen atoms in total. The van der Waals surface area contributed by atoms with Gasteiger partial charge in [0.25, 0.3) is 5.91 Å². The van der Waals surface area contributed by atoms with Gasteiger partial charge in [-0.05, 0) is 42.3 Å². The Bertz CT molecular complexity index is 908. The van der Waals surface area contributed by atoms with Gasteiger partial charge < -0.3 is 9.80 Å². The van der Waals surface area contributed by atoms with Crippen LogP contribution in [0.25, 0.3) is 0 Å². The summed E-state index contributed by atoms with van der Waals surface area (Å²) < 4.78 is 0. The molecule has 1 aliphatic heterocycles. The highest BCUT2D eigenvalue weighted by Gasteiger charge is 2.22. The Hall–Kier alpha value is -3.14. The van der Waals surface area contributed by atoms with E-state index in [4.69, 9.17) is 0 Å². The Morgan fingerprint density at radius 3 is 2.56 bits per heavy atom. The van der Waals surface area contributed by atoms with Crippen LogP contribution in [0.5, 0.6) is 0 Å². The summed E-state index contributed by atoms with van der Waals surface area (Å²) in [5.74, 6) is 0.706. The number of pyridine rings is 1. The van der Waals surface area contributed by atoms with Crippen molar-refractivity contribution in [3.63, 3.8) is 0 Å². The number of aromatic nitrogens is 1. The minimum absolute atomic E-state index is 0.111. The lowest BCUT2D eigenvalue weighted by atomic mass is 10.2. The summed E-state index contributed by atoms with van der Waals surface area (Å²) in [5, 5.41) is 0. The molecule has 2 heterocycles. The number of anilines is 3. The molecular formula is C21H19N3O. The first-order chi connectivity index (χ1) is 12.2. The van der Waals surface area contributed by atoms with Gasteiger partial charge in [-0.2, -0.15) is 0 Å². The van der Waals surface area contributed by atoms with Gasteiger partial charge >= 0.3 is 0 Å². The minimum Gasteiger partial charge on any atom is -0.326 e. The van der Waals surface area contributed by atoms with Gasteiger partial charge in [-0.25, -0.2) is 4.98 Å². The summed E-state index contributed by atoms with van der Waals surface area (Å²) in [6.45, 7) is 0.887. The van der Waals surface area contributed by atoms with Crippen molar-refractivity contribution in [1.29, 1.82) is 0 Å². The molecule has 0 atom stereocenters. The van der Waals surface area contributed by atoms with E-state index in [1.54, 1.807) is 18.0 Å². The van der Waals surface area contributed by atoms with E-state index in [2.05, 4.69) is 28.1 Å². The smallest absolute Gasteiger partial charge is 0.276 e. The number of carbonyl (C=O) groups excluding carboxylic acids is 1. The molecule has 0 bridgehead atoms. The summed E-state index contributed by atoms with van der Waals surface area (Å²) in [6, 6.07) is 23.6. The van der Waals surface area contributed by atoms with E-state index in [0.717, 1.165) is 24.5 Å². The zero-order valence-corrected chi connectivity index (χ0v) is 14.1. The molecule has 2 aromatic carbocycles. The van der Waals surface area contributed by atoms with Crippen molar-refractivity contribution in [3.05, 3.63) is 84.1 Å². The summed E-state index contributed by atoms with van der Waals surface area (Å²) >= 11 is 0. The summed E-state index contributed by atoms with van der Waals surface area (Å²) in [5.41, 5.74) is 3.80. The van der Waals surface area contributed by atoms with Crippen molar-refractivity contribution >= 4 is 23.1 Å². The van der Waals surface area contributed by atoms with Gasteiger partial charge in [0.05, 0.1) is 0 Å². The topological polar surface area (TPSA) is 36.4 Å². The summed E-state index contributed by atoms with van der Waals surface area (Å²) in [4.78, 5) is 21.2. The molecule has 1 amide bonds. The van der Waals surface area contributed by atoms with Gasteiger partial charge in [-0.3, -0.25) is 4.79 Å². The van der Waals surface area contributed by atoms with Crippen molar-refractivity contribution in [1.82, 2.24) is 4.98 Å². The molecule has 1 aromatic heterocycles. The number of nitrogens with zero attached hydrogens (tertiary/aromatic N) is 3. The molecule has 0 fully saturated rings. The number of benzene rings is 2. The van der Waals surface area contributed by atoms with Crippen LogP contribution in [0.4, 0.5) is 17.2 Å². The Kier molecular flexibility index (Phi) is 3.94. The Morgan fingerprint density at radius 2 is 1.72 bits per heavy atom. The average Bonchev–Trinajstić information content (AvgIpc) is 3.12. The molecule has 4 rings (SSSR count). The van der Waals surface area contributed by atoms with E-state index in [1.807, 2.05) is 48.5 Å². The Labute approximate surface area is 147 Å². The van der Waals surface area contributed by atoms with Gasteiger partial charge in [0.1, 0.15) is 11.5 Å². The molecular weight excluding hydrogens is 310 g/mol. The maximum atomic E-state index is 12.8. The number of hydrogen-bond donors (Lipinski definition) is 0. The fourth-order valence-electron chi connectivity index (χ4n) is 3.21. The molecule has 0 spiro atoms. The number of rotatable bonds is 3. The number of para-hydroxylation sites is 2. The average molecular weight is 329 g/mol. The second kappa shape index (κ2) is 6.40. The number of hydrogen-bond acceptors (Lipinski definition) is 3. The molecule has 3 aromatic rings. The molecule has 0 saturated carbocycles. The first kappa shape index (κ1) is 15.4. The predicted octanol–water partition coefficient (Wildman–Crippen LogP) is 4.05. The minimum atomic E-state index is -0.111. The number of carbonyl (C=O) groups is 1. The standard InChI is InChI=1S/C21H19N3O/c1-23(17-9-3-2-4-10-17)21(25)18-11-7-13-20(22-18)24-15-14-16-8-5-6-12-19(16)24/h2-13H,14-15H2,1H3. The van der Waals surface area contributed by atoms with Crippen LogP contribution in [0, 0.1) is 0 Å². The maximum Gasteiger partial charge on any atom is 0.276 e. The Balaban J connectivity index is 1.63. The summed E-state index contributed by atoms with van der Waals surface area (Å²) in [6.07, 6.45) is 1.000. The zero-order valence-electron chi connectivity index (χ0n) is 14.1. The SMILES string of the molecule is CN(C(=O)c1cccc(N2CCc3ccccc32)n1)c1ccccc1. The highest BCUT2D eigenvalue weighted by molar-refractivity contribution is 6.04. The van der Waals surface area contributed by atoms with Crippen LogP contribution in [-0.4, -0.2) is 24.5 Å². The van der Waals surface area contributed by atoms with E-state index in [9.17, 15) is 4.79 Å². The van der Waals surface area contributed by atoms with Gasteiger partial charge in [-0.1, -0.05) is 42.5 Å². The number of fused-ring (bicyclic) bond motifs is 1. The van der Waals surface area contributed by atoms with Crippen molar-refractivity contribution in [3.8, 4) is 0 Å². The van der Waals surface area contributed by atoms with Gasteiger partial charge in [-0.15, -0.1) is 0 Å². The van der Waals surface area contributed by atoms with E-state index in [1.165, 1.54) is 11.3 Å². The van der Waals surface area contributed by atoms with Crippen molar-refractivity contribution in [2.45, 2.75) is 6.42 Å². The van der Waals surface area contributed by atoms with Crippen LogP contribution < -0.4 is 9.80 Å². The van der Waals surface area contributed by atoms with Crippen LogP contribution in [0.15, 0.2) is 72.8 Å². The third kappa shape index (κ3) is 2.87. The molecule has 4 heteroatoms. The highest BCUT2D eigenvalue weighted by atomic mass is 16.2. The van der Waals surface area contributed by atoms with Crippen LogP contribution in [0.1, 0.15) is 16.1 Å². The van der Waals surface area contributed by atoms with Gasteiger partial charge in [0, 0.05) is 25.0 Å². The van der Waals surface area contributed by atoms with Crippen molar-refractivity contribution in [2.24, 2.45) is 0 Å². The molecule has 124 valence electrons. The van der Waals surface area contributed by atoms with Crippen LogP contribution in [-0.2, 0) is 6.42 Å². The first-order valence-corrected chi connectivity index (χ1v) is 8.39. The van der Waals surface area contributed by atoms with Crippen molar-refractivity contribution < 1.29 is 4.79 Å². The quantitative estimate of drug-likeness (QED) is 0.727. The predicted molar refractivity (Wildman–Crippen MR) is 101 cm³/mol. The second-order valence-corrected chi connectivity index (χ2v) is 6.11. The van der Waals surface area contributed by atoms with E-state index in [-0.39, 0.29) is 5.91 Å². The fourth-order valence-corrected chi connectivity index (χ4v) is 3.21. The normalized spacial score (nSPS) is 12.8. The molecule has 0 aliphatic carbocycles. The summed E-state index contributed by atoms with van der Waals surface area (Å²) in [7, 11) is 1.77. The molecule has 0 radical (unpaired) electrons. The number of amides is 1. The molecule has 25 heavy (non-hydrogen) atoms. The van der Waals surface area contributed by atoms with Gasteiger partial charge in [0.15, 0.2) is 0 Å². The second-order valence-electron chi connectivity index (χ2n) is 6.11. The van der Waals surface area contributed by atoms with E-state index < -0.39 is 0 Å². The molecule has 0 unspecified atom stereocenters. The van der Waals surface area contributed by atoms with Crippen LogP contribution in [0.2, 0.25) is 0 Å². The van der Waals surface area contributed by atoms with Crippen LogP contribution >= 0.6 is 0 Å². The monoisotopic (exact) mass is 329 g/mol. The van der Waals surface area contributed by atoms with Crippen LogP contribution in [0.3, 0.4) is 0 Å². The lowest BCUT2D eigenvalue weighted by molar-refractivity contribution is 0.0988. The largest absolute Gasteiger partial charge is 0.326 e. The lowest BCUT2D eigenvalue weighted by Gasteiger charge is -2.20. The first-order valence-electron chi connectivity index (χ1n) is 8.39. The van der Waals surface area contributed by atoms with Crippen molar-refractivity contribution in [2.75, 3.05) is 23.4 Å².